The number of fused-ring (bicyclic) bond motifs is 1. The smallest absolute Gasteiger partial charge is 0.225 e. The van der Waals surface area contributed by atoms with Crippen LogP contribution in [0.15, 0.2) is 12.3 Å². The molecule has 1 aliphatic carbocycles. The summed E-state index contributed by atoms with van der Waals surface area (Å²) in [6.07, 6.45) is 1.16. The largest absolute Gasteiger partial charge is 0.390 e. The zero-order valence-corrected chi connectivity index (χ0v) is 21.9. The Balaban J connectivity index is 1.55. The molecule has 5 atom stereocenters. The fourth-order valence-electron chi connectivity index (χ4n) is 4.97. The molecule has 5 N–H and O–H groups in total. The molecule has 3 aromatic rings. The zero-order chi connectivity index (χ0) is 24.9. The molecule has 9 nitrogen and oxygen atoms in total. The Hall–Kier alpha value is -2.05. The number of rotatable bonds is 6. The molecule has 11 heteroatoms. The third-order valence-corrected chi connectivity index (χ3v) is 9.17. The quantitative estimate of drug-likeness (QED) is 0.333. The molecule has 0 aromatic carbocycles. The first-order valence-electron chi connectivity index (χ1n) is 11.9. The zero-order valence-electron chi connectivity index (χ0n) is 20.3. The van der Waals surface area contributed by atoms with Crippen molar-refractivity contribution in [3.63, 3.8) is 0 Å². The van der Waals surface area contributed by atoms with Crippen molar-refractivity contribution >= 4 is 45.1 Å². The SMILES string of the molecule is Cc1nc(NC2CCSC2)nc(N[C@@H]2C[C@H](C(C)(C)O)[C@@H](O)[C@H]2O)c1-c1nc2c(C)nccc2s1. The molecule has 1 saturated carbocycles. The number of hydrogen-bond donors (Lipinski definition) is 5. The number of nitrogens with one attached hydrogen (secondary N) is 2. The minimum absolute atomic E-state index is 0.313. The minimum Gasteiger partial charge on any atom is -0.390 e. The van der Waals surface area contributed by atoms with Crippen molar-refractivity contribution in [2.24, 2.45) is 5.92 Å². The highest BCUT2D eigenvalue weighted by atomic mass is 32.2. The summed E-state index contributed by atoms with van der Waals surface area (Å²) in [5.41, 5.74) is 2.13. The van der Waals surface area contributed by atoms with E-state index in [-0.39, 0.29) is 0 Å². The van der Waals surface area contributed by atoms with Crippen molar-refractivity contribution in [3.8, 4) is 10.6 Å². The van der Waals surface area contributed by atoms with Crippen LogP contribution in [0.3, 0.4) is 0 Å². The molecule has 35 heavy (non-hydrogen) atoms. The van der Waals surface area contributed by atoms with E-state index in [0.717, 1.165) is 50.1 Å². The van der Waals surface area contributed by atoms with E-state index in [4.69, 9.17) is 15.0 Å². The van der Waals surface area contributed by atoms with Crippen molar-refractivity contribution in [3.05, 3.63) is 23.7 Å². The lowest BCUT2D eigenvalue weighted by Crippen LogP contribution is -2.40. The summed E-state index contributed by atoms with van der Waals surface area (Å²) in [7, 11) is 0. The lowest BCUT2D eigenvalue weighted by Gasteiger charge is -2.28. The molecule has 188 valence electrons. The Morgan fingerprint density at radius 2 is 1.86 bits per heavy atom. The maximum absolute atomic E-state index is 10.8. The number of thioether (sulfide) groups is 1. The van der Waals surface area contributed by atoms with Gasteiger partial charge in [0.15, 0.2) is 0 Å². The van der Waals surface area contributed by atoms with Crippen molar-refractivity contribution in [1.29, 1.82) is 0 Å². The molecule has 2 fully saturated rings. The summed E-state index contributed by atoms with van der Waals surface area (Å²) in [5, 5.41) is 39.6. The second-order valence-corrected chi connectivity index (χ2v) is 12.2. The van der Waals surface area contributed by atoms with Crippen molar-refractivity contribution in [2.45, 2.75) is 70.4 Å². The number of aliphatic hydroxyl groups is 3. The number of hydrogen-bond acceptors (Lipinski definition) is 11. The first-order chi connectivity index (χ1) is 16.6. The van der Waals surface area contributed by atoms with Crippen LogP contribution in [0.5, 0.6) is 0 Å². The van der Waals surface area contributed by atoms with Crippen molar-refractivity contribution in [2.75, 3.05) is 22.1 Å². The van der Waals surface area contributed by atoms with E-state index >= 15 is 0 Å². The number of aliphatic hydroxyl groups excluding tert-OH is 2. The maximum atomic E-state index is 10.8. The van der Waals surface area contributed by atoms with Crippen LogP contribution in [0.25, 0.3) is 20.8 Å². The highest BCUT2D eigenvalue weighted by Crippen LogP contribution is 2.40. The van der Waals surface area contributed by atoms with Gasteiger partial charge < -0.3 is 26.0 Å². The first-order valence-corrected chi connectivity index (χ1v) is 13.9. The maximum Gasteiger partial charge on any atom is 0.225 e. The van der Waals surface area contributed by atoms with Gasteiger partial charge in [0.25, 0.3) is 0 Å². The van der Waals surface area contributed by atoms with Gasteiger partial charge in [-0.15, -0.1) is 11.3 Å². The molecule has 0 amide bonds. The second kappa shape index (κ2) is 9.44. The van der Waals surface area contributed by atoms with Gasteiger partial charge in [0.05, 0.1) is 39.4 Å². The average Bonchev–Trinajstić information content (AvgIpc) is 3.50. The molecule has 0 spiro atoms. The van der Waals surface area contributed by atoms with Crippen LogP contribution in [-0.2, 0) is 0 Å². The molecule has 4 heterocycles. The van der Waals surface area contributed by atoms with Crippen LogP contribution < -0.4 is 10.6 Å². The molecule has 1 saturated heterocycles. The highest BCUT2D eigenvalue weighted by Gasteiger charge is 2.48. The number of aromatic nitrogens is 4. The van der Waals surface area contributed by atoms with Gasteiger partial charge in [-0.05, 0) is 52.4 Å². The summed E-state index contributed by atoms with van der Waals surface area (Å²) in [6.45, 7) is 7.20. The van der Waals surface area contributed by atoms with Crippen LogP contribution in [0.4, 0.5) is 11.8 Å². The van der Waals surface area contributed by atoms with Gasteiger partial charge in [-0.2, -0.15) is 16.7 Å². The van der Waals surface area contributed by atoms with Gasteiger partial charge in [-0.1, -0.05) is 0 Å². The van der Waals surface area contributed by atoms with Gasteiger partial charge in [0, 0.05) is 23.9 Å². The molecule has 1 unspecified atom stereocenters. The van der Waals surface area contributed by atoms with Gasteiger partial charge >= 0.3 is 0 Å². The Labute approximate surface area is 212 Å². The fourth-order valence-corrected chi connectivity index (χ4v) is 7.24. The predicted octanol–water partition coefficient (Wildman–Crippen LogP) is 2.98. The van der Waals surface area contributed by atoms with E-state index in [2.05, 4.69) is 15.6 Å². The van der Waals surface area contributed by atoms with Gasteiger partial charge in [0.2, 0.25) is 5.95 Å². The van der Waals surface area contributed by atoms with Gasteiger partial charge in [0.1, 0.15) is 22.4 Å². The number of anilines is 2. The summed E-state index contributed by atoms with van der Waals surface area (Å²) in [5.74, 6) is 2.75. The lowest BCUT2D eigenvalue weighted by atomic mass is 9.88. The van der Waals surface area contributed by atoms with E-state index in [0.29, 0.717) is 24.2 Å². The van der Waals surface area contributed by atoms with E-state index in [1.165, 1.54) is 0 Å². The Kier molecular flexibility index (Phi) is 6.64. The standard InChI is InChI=1S/C24H32N6O3S2/c1-11-17(22-29-18-12(2)25-7-5-16(18)35-22)21(30-23(26-11)27-13-6-8-34-10-13)28-15-9-14(24(3,4)33)19(31)20(15)32/h5,7,13-15,19-20,31-33H,6,8-10H2,1-4H3,(H2,26,27,28,30)/t13?,14-,15+,19+,20-/m0/s1. The van der Waals surface area contributed by atoms with Gasteiger partial charge in [-0.25, -0.2) is 9.97 Å². The van der Waals surface area contributed by atoms with Crippen LogP contribution >= 0.6 is 23.1 Å². The molecule has 5 rings (SSSR count). The molecular weight excluding hydrogens is 484 g/mol. The van der Waals surface area contributed by atoms with Crippen LogP contribution in [0.2, 0.25) is 0 Å². The van der Waals surface area contributed by atoms with Crippen molar-refractivity contribution < 1.29 is 15.3 Å². The highest BCUT2D eigenvalue weighted by molar-refractivity contribution is 7.99. The molecule has 1 aliphatic heterocycles. The predicted molar refractivity (Wildman–Crippen MR) is 141 cm³/mol. The fraction of sp³-hybridized carbons (Fsp3) is 0.583. The summed E-state index contributed by atoms with van der Waals surface area (Å²) < 4.78 is 1.03. The van der Waals surface area contributed by atoms with E-state index < -0.39 is 29.8 Å². The Morgan fingerprint density at radius 3 is 2.51 bits per heavy atom. The van der Waals surface area contributed by atoms with Crippen LogP contribution in [0.1, 0.15) is 38.1 Å². The van der Waals surface area contributed by atoms with Crippen LogP contribution in [-0.4, -0.2) is 76.7 Å². The summed E-state index contributed by atoms with van der Waals surface area (Å²) in [6, 6.07) is 1.78. The van der Waals surface area contributed by atoms with E-state index in [1.54, 1.807) is 31.4 Å². The number of pyridine rings is 1. The minimum atomic E-state index is -1.12. The average molecular weight is 517 g/mol. The normalized spacial score (nSPS) is 27.0. The first kappa shape index (κ1) is 24.6. The summed E-state index contributed by atoms with van der Waals surface area (Å²) >= 11 is 3.46. The van der Waals surface area contributed by atoms with Crippen molar-refractivity contribution in [1.82, 2.24) is 19.9 Å². The van der Waals surface area contributed by atoms with E-state index in [9.17, 15) is 15.3 Å². The Bertz CT molecular complexity index is 1220. The third kappa shape index (κ3) is 4.84. The lowest BCUT2D eigenvalue weighted by molar-refractivity contribution is -0.0601. The molecule has 0 radical (unpaired) electrons. The third-order valence-electron chi connectivity index (χ3n) is 6.97. The van der Waals surface area contributed by atoms with E-state index in [1.807, 2.05) is 31.7 Å². The Morgan fingerprint density at radius 1 is 1.06 bits per heavy atom. The molecular formula is C24H32N6O3S2. The second-order valence-electron chi connectivity index (χ2n) is 10.1. The topological polar surface area (TPSA) is 136 Å². The number of aryl methyl sites for hydroxylation is 2. The molecule has 3 aromatic heterocycles. The summed E-state index contributed by atoms with van der Waals surface area (Å²) in [4.78, 5) is 18.8. The number of nitrogens with zero attached hydrogens (tertiary/aromatic N) is 4. The monoisotopic (exact) mass is 516 g/mol. The number of thiazole rings is 1. The van der Waals surface area contributed by atoms with Crippen LogP contribution in [0, 0.1) is 19.8 Å². The molecule has 0 bridgehead atoms. The van der Waals surface area contributed by atoms with Gasteiger partial charge in [-0.3, -0.25) is 4.98 Å². The molecule has 2 aliphatic rings.